The number of oxazole rings is 1. The van der Waals surface area contributed by atoms with Crippen molar-refractivity contribution >= 4 is 38.8 Å². The molecule has 0 saturated heterocycles. The number of amides is 2. The van der Waals surface area contributed by atoms with Gasteiger partial charge in [0, 0.05) is 9.89 Å². The Morgan fingerprint density at radius 3 is 2.69 bits per heavy atom. The molecular formula is C25H27BrN6O3. The Bertz CT molecular complexity index is 1350. The van der Waals surface area contributed by atoms with Gasteiger partial charge in [-0.15, -0.1) is 0 Å². The van der Waals surface area contributed by atoms with Crippen LogP contribution in [0, 0.1) is 11.3 Å². The molecule has 3 aromatic rings. The predicted octanol–water partition coefficient (Wildman–Crippen LogP) is 3.93. The highest BCUT2D eigenvalue weighted by molar-refractivity contribution is 9.10. The molecule has 9 nitrogen and oxygen atoms in total. The van der Waals surface area contributed by atoms with E-state index in [0.29, 0.717) is 35.5 Å². The summed E-state index contributed by atoms with van der Waals surface area (Å²) in [6, 6.07) is 8.67. The Kier molecular flexibility index (Phi) is 5.71. The first-order chi connectivity index (χ1) is 16.6. The van der Waals surface area contributed by atoms with Crippen LogP contribution in [-0.4, -0.2) is 38.2 Å². The zero-order valence-electron chi connectivity index (χ0n) is 19.9. The van der Waals surface area contributed by atoms with E-state index in [2.05, 4.69) is 37.6 Å². The molecule has 0 radical (unpaired) electrons. The van der Waals surface area contributed by atoms with E-state index in [1.54, 1.807) is 16.8 Å². The SMILES string of the molecule is CC(C)(C)c1cc(C(=O)N[C@@H](Cc2nc3ccc(Br)cc3o2)C(=O)NC2(C#N)CC2)n(C2CC2)n1. The van der Waals surface area contributed by atoms with Gasteiger partial charge in [0.15, 0.2) is 11.5 Å². The highest BCUT2D eigenvalue weighted by Crippen LogP contribution is 2.37. The lowest BCUT2D eigenvalue weighted by Crippen LogP contribution is -2.51. The molecule has 2 aliphatic rings. The zero-order chi connectivity index (χ0) is 25.0. The molecule has 2 amide bonds. The van der Waals surface area contributed by atoms with Gasteiger partial charge in [0.1, 0.15) is 22.8 Å². The van der Waals surface area contributed by atoms with E-state index in [9.17, 15) is 14.9 Å². The van der Waals surface area contributed by atoms with Gasteiger partial charge in [0.2, 0.25) is 5.91 Å². The van der Waals surface area contributed by atoms with E-state index in [0.717, 1.165) is 23.0 Å². The molecule has 1 atom stereocenters. The van der Waals surface area contributed by atoms with Crippen LogP contribution in [0.2, 0.25) is 0 Å². The summed E-state index contributed by atoms with van der Waals surface area (Å²) in [4.78, 5) is 31.1. The van der Waals surface area contributed by atoms with E-state index in [4.69, 9.17) is 9.52 Å². The van der Waals surface area contributed by atoms with E-state index < -0.39 is 17.5 Å². The lowest BCUT2D eigenvalue weighted by Gasteiger charge is -2.19. The fraction of sp³-hybridized carbons (Fsp3) is 0.480. The monoisotopic (exact) mass is 538 g/mol. The molecule has 2 heterocycles. The van der Waals surface area contributed by atoms with Gasteiger partial charge in [-0.05, 0) is 49.9 Å². The Balaban J connectivity index is 1.42. The quantitative estimate of drug-likeness (QED) is 0.469. The number of nitriles is 1. The van der Waals surface area contributed by atoms with Crippen molar-refractivity contribution in [1.82, 2.24) is 25.4 Å². The van der Waals surface area contributed by atoms with E-state index in [1.807, 2.05) is 32.9 Å². The van der Waals surface area contributed by atoms with Crippen LogP contribution in [0.1, 0.15) is 74.6 Å². The third kappa shape index (κ3) is 4.96. The molecule has 35 heavy (non-hydrogen) atoms. The Hall–Kier alpha value is -3.19. The number of halogens is 1. The smallest absolute Gasteiger partial charge is 0.270 e. The average molecular weight is 539 g/mol. The number of hydrogen-bond acceptors (Lipinski definition) is 6. The number of carbonyl (C=O) groups excluding carboxylic acids is 2. The second-order valence-corrected chi connectivity index (χ2v) is 11.4. The van der Waals surface area contributed by atoms with Gasteiger partial charge < -0.3 is 15.1 Å². The highest BCUT2D eigenvalue weighted by atomic mass is 79.9. The van der Waals surface area contributed by atoms with Gasteiger partial charge in [-0.3, -0.25) is 14.3 Å². The first-order valence-corrected chi connectivity index (χ1v) is 12.6. The minimum absolute atomic E-state index is 0.0507. The predicted molar refractivity (Wildman–Crippen MR) is 132 cm³/mol. The normalized spacial score (nSPS) is 17.6. The van der Waals surface area contributed by atoms with Gasteiger partial charge in [0.05, 0.1) is 24.2 Å². The first-order valence-electron chi connectivity index (χ1n) is 11.8. The minimum Gasteiger partial charge on any atom is -0.441 e. The number of benzene rings is 1. The van der Waals surface area contributed by atoms with Gasteiger partial charge in [-0.1, -0.05) is 36.7 Å². The van der Waals surface area contributed by atoms with Crippen LogP contribution in [-0.2, 0) is 16.6 Å². The average Bonchev–Trinajstić information content (AvgIpc) is 3.70. The van der Waals surface area contributed by atoms with Crippen molar-refractivity contribution in [3.05, 3.63) is 46.0 Å². The molecule has 2 N–H and O–H groups in total. The number of aromatic nitrogens is 3. The van der Waals surface area contributed by atoms with Crippen LogP contribution in [0.4, 0.5) is 0 Å². The summed E-state index contributed by atoms with van der Waals surface area (Å²) in [5, 5.41) is 19.8. The molecule has 2 aromatic heterocycles. The molecule has 1 aromatic carbocycles. The topological polar surface area (TPSA) is 126 Å². The van der Waals surface area contributed by atoms with Crippen molar-refractivity contribution in [3.63, 3.8) is 0 Å². The maximum atomic E-state index is 13.4. The maximum absolute atomic E-state index is 13.4. The second-order valence-electron chi connectivity index (χ2n) is 10.5. The first kappa shape index (κ1) is 23.5. The van der Waals surface area contributed by atoms with E-state index in [1.165, 1.54) is 0 Å². The number of rotatable bonds is 7. The van der Waals surface area contributed by atoms with Crippen LogP contribution in [0.5, 0.6) is 0 Å². The molecule has 0 aliphatic heterocycles. The van der Waals surface area contributed by atoms with Crippen molar-refractivity contribution in [2.75, 3.05) is 0 Å². The maximum Gasteiger partial charge on any atom is 0.270 e. The summed E-state index contributed by atoms with van der Waals surface area (Å²) in [6.45, 7) is 6.15. The van der Waals surface area contributed by atoms with Crippen molar-refractivity contribution in [1.29, 1.82) is 5.26 Å². The Morgan fingerprint density at radius 1 is 1.31 bits per heavy atom. The van der Waals surface area contributed by atoms with Crippen LogP contribution in [0.25, 0.3) is 11.1 Å². The molecule has 2 fully saturated rings. The summed E-state index contributed by atoms with van der Waals surface area (Å²) in [5.74, 6) is -0.499. The lowest BCUT2D eigenvalue weighted by atomic mass is 9.92. The van der Waals surface area contributed by atoms with Gasteiger partial charge in [-0.25, -0.2) is 4.98 Å². The summed E-state index contributed by atoms with van der Waals surface area (Å²) in [7, 11) is 0. The van der Waals surface area contributed by atoms with Crippen LogP contribution < -0.4 is 10.6 Å². The van der Waals surface area contributed by atoms with Gasteiger partial charge in [0.25, 0.3) is 5.91 Å². The molecule has 0 spiro atoms. The molecule has 2 aliphatic carbocycles. The minimum atomic E-state index is -0.967. The fourth-order valence-electron chi connectivity index (χ4n) is 3.89. The number of fused-ring (bicyclic) bond motifs is 1. The van der Waals surface area contributed by atoms with E-state index in [-0.39, 0.29) is 23.8 Å². The van der Waals surface area contributed by atoms with Crippen molar-refractivity contribution in [3.8, 4) is 6.07 Å². The number of carbonyl (C=O) groups is 2. The van der Waals surface area contributed by atoms with Crippen molar-refractivity contribution < 1.29 is 14.0 Å². The fourth-order valence-corrected chi connectivity index (χ4v) is 4.23. The third-order valence-corrected chi connectivity index (χ3v) is 6.84. The standard InChI is InChI=1S/C25H27BrN6O3/c1-24(2,3)20-12-18(32(31-20)15-5-6-15)23(34)29-17(22(33)30-25(13-27)8-9-25)11-21-28-16-7-4-14(26)10-19(16)35-21/h4,7,10,12,15,17H,5-6,8-9,11H2,1-3H3,(H,29,34)(H,30,33)/t17-/m0/s1. The molecule has 0 bridgehead atoms. The summed E-state index contributed by atoms with van der Waals surface area (Å²) >= 11 is 3.41. The Morgan fingerprint density at radius 2 is 2.06 bits per heavy atom. The van der Waals surface area contributed by atoms with Crippen LogP contribution >= 0.6 is 15.9 Å². The van der Waals surface area contributed by atoms with Crippen molar-refractivity contribution in [2.24, 2.45) is 0 Å². The lowest BCUT2D eigenvalue weighted by molar-refractivity contribution is -0.123. The number of hydrogen-bond donors (Lipinski definition) is 2. The van der Waals surface area contributed by atoms with E-state index >= 15 is 0 Å². The second kappa shape index (κ2) is 8.48. The third-order valence-electron chi connectivity index (χ3n) is 6.35. The van der Waals surface area contributed by atoms with Crippen LogP contribution in [0.15, 0.2) is 33.2 Å². The molecule has 5 rings (SSSR count). The molecule has 10 heteroatoms. The molecule has 2 saturated carbocycles. The largest absolute Gasteiger partial charge is 0.441 e. The molecular weight excluding hydrogens is 512 g/mol. The number of nitrogens with zero attached hydrogens (tertiary/aromatic N) is 4. The van der Waals surface area contributed by atoms with Crippen LogP contribution in [0.3, 0.4) is 0 Å². The Labute approximate surface area is 211 Å². The van der Waals surface area contributed by atoms with Gasteiger partial charge in [-0.2, -0.15) is 10.4 Å². The summed E-state index contributed by atoms with van der Waals surface area (Å²) in [5.41, 5.74) is 1.41. The molecule has 0 unspecified atom stereocenters. The summed E-state index contributed by atoms with van der Waals surface area (Å²) in [6.07, 6.45) is 3.18. The van der Waals surface area contributed by atoms with Gasteiger partial charge >= 0.3 is 0 Å². The highest BCUT2D eigenvalue weighted by Gasteiger charge is 2.46. The number of nitrogens with one attached hydrogen (secondary N) is 2. The zero-order valence-corrected chi connectivity index (χ0v) is 21.5. The molecule has 182 valence electrons. The summed E-state index contributed by atoms with van der Waals surface area (Å²) < 4.78 is 8.48. The van der Waals surface area contributed by atoms with Crippen molar-refractivity contribution in [2.45, 2.75) is 75.9 Å².